The van der Waals surface area contributed by atoms with Crippen molar-refractivity contribution in [2.45, 2.75) is 24.3 Å². The molecule has 1 unspecified atom stereocenters. The van der Waals surface area contributed by atoms with Gasteiger partial charge in [0.05, 0.1) is 0 Å². The van der Waals surface area contributed by atoms with Crippen molar-refractivity contribution in [2.24, 2.45) is 0 Å². The summed E-state index contributed by atoms with van der Waals surface area (Å²) in [6.45, 7) is 6.28. The molecule has 0 saturated heterocycles. The first kappa shape index (κ1) is 9.54. The van der Waals surface area contributed by atoms with E-state index in [1.54, 1.807) is 11.8 Å². The molecule has 1 aromatic heterocycles. The second-order valence-corrected chi connectivity index (χ2v) is 3.95. The first-order valence-corrected chi connectivity index (χ1v) is 4.93. The van der Waals surface area contributed by atoms with Gasteiger partial charge in [0.15, 0.2) is 5.16 Å². The van der Waals surface area contributed by atoms with E-state index in [1.165, 1.54) is 6.33 Å². The lowest BCUT2D eigenvalue weighted by atomic mass is 10.5. The fraction of sp³-hybridized carbons (Fsp3) is 0.714. The lowest BCUT2D eigenvalue weighted by Crippen LogP contribution is -2.22. The van der Waals surface area contributed by atoms with Gasteiger partial charge in [-0.3, -0.25) is 5.10 Å². The summed E-state index contributed by atoms with van der Waals surface area (Å²) in [7, 11) is 0. The van der Waals surface area contributed by atoms with E-state index < -0.39 is 0 Å². The molecule has 0 bridgehead atoms. The molecular formula is C7H14N4S. The minimum atomic E-state index is 0.526. The lowest BCUT2D eigenvalue weighted by Gasteiger charge is -2.08. The zero-order valence-electron chi connectivity index (χ0n) is 7.37. The summed E-state index contributed by atoms with van der Waals surface area (Å²) in [5.41, 5.74) is 0. The molecule has 0 radical (unpaired) electrons. The highest BCUT2D eigenvalue weighted by Gasteiger charge is 2.04. The normalized spacial score (nSPS) is 13.2. The maximum atomic E-state index is 4.03. The van der Waals surface area contributed by atoms with Crippen LogP contribution in [0.25, 0.3) is 0 Å². The number of aromatic amines is 1. The fourth-order valence-electron chi connectivity index (χ4n) is 0.831. The van der Waals surface area contributed by atoms with Crippen molar-refractivity contribution in [2.75, 3.05) is 13.1 Å². The third-order valence-electron chi connectivity index (χ3n) is 1.39. The highest BCUT2D eigenvalue weighted by Crippen LogP contribution is 2.16. The van der Waals surface area contributed by atoms with Gasteiger partial charge >= 0.3 is 0 Å². The summed E-state index contributed by atoms with van der Waals surface area (Å²) in [5, 5.41) is 11.3. The van der Waals surface area contributed by atoms with Crippen LogP contribution in [0.5, 0.6) is 0 Å². The second kappa shape index (κ2) is 5.16. The monoisotopic (exact) mass is 186 g/mol. The predicted molar refractivity (Wildman–Crippen MR) is 50.2 cm³/mol. The number of nitrogens with one attached hydrogen (secondary N) is 2. The van der Waals surface area contributed by atoms with Gasteiger partial charge in [-0.25, -0.2) is 4.98 Å². The predicted octanol–water partition coefficient (Wildman–Crippen LogP) is 0.895. The van der Waals surface area contributed by atoms with E-state index in [2.05, 4.69) is 34.3 Å². The Hall–Kier alpha value is -0.550. The summed E-state index contributed by atoms with van der Waals surface area (Å²) in [5.74, 6) is 0. The largest absolute Gasteiger partial charge is 0.316 e. The number of nitrogens with zero attached hydrogens (tertiary/aromatic N) is 2. The highest BCUT2D eigenvalue weighted by molar-refractivity contribution is 7.99. The molecule has 1 heterocycles. The summed E-state index contributed by atoms with van der Waals surface area (Å²) in [4.78, 5) is 4.03. The van der Waals surface area contributed by atoms with Crippen LogP contribution in [0.2, 0.25) is 0 Å². The number of hydrogen-bond acceptors (Lipinski definition) is 4. The first-order valence-electron chi connectivity index (χ1n) is 4.05. The van der Waals surface area contributed by atoms with E-state index in [0.717, 1.165) is 18.2 Å². The molecule has 4 nitrogen and oxygen atoms in total. The summed E-state index contributed by atoms with van der Waals surface area (Å²) in [6, 6.07) is 0. The Morgan fingerprint density at radius 1 is 1.75 bits per heavy atom. The van der Waals surface area contributed by atoms with Gasteiger partial charge in [-0.15, -0.1) is 0 Å². The second-order valence-electron chi connectivity index (χ2n) is 2.53. The molecular weight excluding hydrogens is 172 g/mol. The summed E-state index contributed by atoms with van der Waals surface area (Å²) in [6.07, 6.45) is 1.53. The van der Waals surface area contributed by atoms with Gasteiger partial charge in [-0.1, -0.05) is 25.6 Å². The molecule has 0 aromatic carbocycles. The molecule has 0 aliphatic carbocycles. The van der Waals surface area contributed by atoms with Gasteiger partial charge < -0.3 is 5.32 Å². The average Bonchev–Trinajstić information content (AvgIpc) is 2.53. The molecule has 2 N–H and O–H groups in total. The van der Waals surface area contributed by atoms with Gasteiger partial charge in [0.1, 0.15) is 6.33 Å². The molecule has 0 amide bonds. The van der Waals surface area contributed by atoms with Crippen LogP contribution < -0.4 is 5.32 Å². The summed E-state index contributed by atoms with van der Waals surface area (Å²) < 4.78 is 0. The molecule has 5 heteroatoms. The maximum Gasteiger partial charge on any atom is 0.183 e. The van der Waals surface area contributed by atoms with Crippen molar-refractivity contribution >= 4 is 11.8 Å². The van der Waals surface area contributed by atoms with E-state index in [9.17, 15) is 0 Å². The van der Waals surface area contributed by atoms with Gasteiger partial charge in [-0.05, 0) is 6.54 Å². The Balaban J connectivity index is 2.22. The number of rotatable bonds is 5. The SMILES string of the molecule is CCNCC(C)Sc1ncn[nH]1. The number of hydrogen-bond donors (Lipinski definition) is 2. The molecule has 0 saturated carbocycles. The molecule has 0 aliphatic rings. The molecule has 68 valence electrons. The average molecular weight is 186 g/mol. The quantitative estimate of drug-likeness (QED) is 0.671. The minimum absolute atomic E-state index is 0.526. The van der Waals surface area contributed by atoms with E-state index in [0.29, 0.717) is 5.25 Å². The third kappa shape index (κ3) is 3.23. The van der Waals surface area contributed by atoms with Crippen molar-refractivity contribution in [1.82, 2.24) is 20.5 Å². The lowest BCUT2D eigenvalue weighted by molar-refractivity contribution is 0.711. The maximum absolute atomic E-state index is 4.03. The molecule has 12 heavy (non-hydrogen) atoms. The smallest absolute Gasteiger partial charge is 0.183 e. The van der Waals surface area contributed by atoms with Crippen molar-refractivity contribution < 1.29 is 0 Å². The van der Waals surface area contributed by atoms with Crippen molar-refractivity contribution in [3.8, 4) is 0 Å². The van der Waals surface area contributed by atoms with Crippen LogP contribution in [-0.2, 0) is 0 Å². The molecule has 1 rings (SSSR count). The third-order valence-corrected chi connectivity index (χ3v) is 2.38. The Bertz CT molecular complexity index is 199. The number of H-pyrrole nitrogens is 1. The van der Waals surface area contributed by atoms with Crippen LogP contribution in [0.4, 0.5) is 0 Å². The van der Waals surface area contributed by atoms with Crippen LogP contribution in [0, 0.1) is 0 Å². The summed E-state index contributed by atoms with van der Waals surface area (Å²) >= 11 is 1.70. The Kier molecular flexibility index (Phi) is 4.10. The Morgan fingerprint density at radius 2 is 2.58 bits per heavy atom. The van der Waals surface area contributed by atoms with E-state index in [4.69, 9.17) is 0 Å². The van der Waals surface area contributed by atoms with Gasteiger partial charge in [0, 0.05) is 11.8 Å². The van der Waals surface area contributed by atoms with Crippen LogP contribution in [0.1, 0.15) is 13.8 Å². The van der Waals surface area contributed by atoms with E-state index >= 15 is 0 Å². The standard InChI is InChI=1S/C7H14N4S/c1-3-8-4-6(2)12-7-9-5-10-11-7/h5-6,8H,3-4H2,1-2H3,(H,9,10,11). The zero-order valence-corrected chi connectivity index (χ0v) is 8.19. The van der Waals surface area contributed by atoms with E-state index in [-0.39, 0.29) is 0 Å². The number of thioether (sulfide) groups is 1. The van der Waals surface area contributed by atoms with Crippen LogP contribution in [-0.4, -0.2) is 33.5 Å². The number of aromatic nitrogens is 3. The van der Waals surface area contributed by atoms with Crippen molar-refractivity contribution in [1.29, 1.82) is 0 Å². The van der Waals surface area contributed by atoms with Crippen LogP contribution in [0.3, 0.4) is 0 Å². The first-order chi connectivity index (χ1) is 5.83. The van der Waals surface area contributed by atoms with Gasteiger partial charge in [-0.2, -0.15) is 5.10 Å². The fourth-order valence-corrected chi connectivity index (χ4v) is 1.63. The van der Waals surface area contributed by atoms with Crippen molar-refractivity contribution in [3.05, 3.63) is 6.33 Å². The Morgan fingerprint density at radius 3 is 3.17 bits per heavy atom. The highest BCUT2D eigenvalue weighted by atomic mass is 32.2. The zero-order chi connectivity index (χ0) is 8.81. The molecule has 0 aliphatic heterocycles. The molecule has 0 spiro atoms. The van der Waals surface area contributed by atoms with E-state index in [1.807, 2.05) is 0 Å². The topological polar surface area (TPSA) is 53.6 Å². The Labute approximate surface area is 76.5 Å². The molecule has 1 aromatic rings. The minimum Gasteiger partial charge on any atom is -0.316 e. The van der Waals surface area contributed by atoms with Gasteiger partial charge in [0.25, 0.3) is 0 Å². The van der Waals surface area contributed by atoms with Crippen LogP contribution in [0.15, 0.2) is 11.5 Å². The van der Waals surface area contributed by atoms with Crippen molar-refractivity contribution in [3.63, 3.8) is 0 Å². The molecule has 1 atom stereocenters. The van der Waals surface area contributed by atoms with Crippen LogP contribution >= 0.6 is 11.8 Å². The van der Waals surface area contributed by atoms with Gasteiger partial charge in [0.2, 0.25) is 0 Å². The molecule has 0 fully saturated rings.